The number of urea groups is 1. The Morgan fingerprint density at radius 1 is 1.20 bits per heavy atom. The lowest BCUT2D eigenvalue weighted by Gasteiger charge is -2.09. The molecule has 4 N–H and O–H groups in total. The number of carbonyl (C=O) groups excluding carboxylic acids is 2. The van der Waals surface area contributed by atoms with Gasteiger partial charge in [0.2, 0.25) is 5.91 Å². The molecule has 0 aliphatic heterocycles. The van der Waals surface area contributed by atoms with E-state index in [1.165, 1.54) is 19.1 Å². The zero-order chi connectivity index (χ0) is 15.1. The van der Waals surface area contributed by atoms with E-state index in [1.807, 2.05) is 0 Å². The first kappa shape index (κ1) is 16.0. The van der Waals surface area contributed by atoms with E-state index in [0.29, 0.717) is 16.7 Å². The number of nitrogens with one attached hydrogen (secondary N) is 3. The maximum absolute atomic E-state index is 11.5. The summed E-state index contributed by atoms with van der Waals surface area (Å²) in [5, 5.41) is 16.5. The van der Waals surface area contributed by atoms with Crippen LogP contribution in [0.1, 0.15) is 17.3 Å². The van der Waals surface area contributed by atoms with Crippen molar-refractivity contribution < 1.29 is 19.5 Å². The van der Waals surface area contributed by atoms with Gasteiger partial charge in [0, 0.05) is 30.2 Å². The van der Waals surface area contributed by atoms with E-state index in [9.17, 15) is 14.4 Å². The zero-order valence-electron chi connectivity index (χ0n) is 10.7. The third kappa shape index (κ3) is 5.27. The van der Waals surface area contributed by atoms with Crippen LogP contribution >= 0.6 is 15.9 Å². The van der Waals surface area contributed by atoms with Crippen molar-refractivity contribution in [1.82, 2.24) is 10.6 Å². The van der Waals surface area contributed by atoms with Gasteiger partial charge in [-0.3, -0.25) is 4.79 Å². The van der Waals surface area contributed by atoms with Crippen molar-refractivity contribution in [1.29, 1.82) is 0 Å². The fourth-order valence-corrected chi connectivity index (χ4v) is 1.77. The lowest BCUT2D eigenvalue weighted by atomic mass is 10.2. The number of rotatable bonds is 5. The van der Waals surface area contributed by atoms with Crippen molar-refractivity contribution in [2.75, 3.05) is 18.4 Å². The van der Waals surface area contributed by atoms with Gasteiger partial charge in [0.15, 0.2) is 0 Å². The number of benzene rings is 1. The van der Waals surface area contributed by atoms with Gasteiger partial charge < -0.3 is 21.1 Å². The van der Waals surface area contributed by atoms with Crippen molar-refractivity contribution in [3.63, 3.8) is 0 Å². The molecule has 20 heavy (non-hydrogen) atoms. The fourth-order valence-electron chi connectivity index (χ4n) is 1.36. The van der Waals surface area contributed by atoms with E-state index < -0.39 is 12.0 Å². The summed E-state index contributed by atoms with van der Waals surface area (Å²) in [6.45, 7) is 1.98. The van der Waals surface area contributed by atoms with Gasteiger partial charge in [0.25, 0.3) is 0 Å². The molecule has 108 valence electrons. The van der Waals surface area contributed by atoms with E-state index in [-0.39, 0.29) is 18.0 Å². The highest BCUT2D eigenvalue weighted by Gasteiger charge is 2.10. The van der Waals surface area contributed by atoms with Crippen LogP contribution in [0.25, 0.3) is 0 Å². The van der Waals surface area contributed by atoms with E-state index in [4.69, 9.17) is 5.11 Å². The van der Waals surface area contributed by atoms with E-state index >= 15 is 0 Å². The molecular weight excluding hydrogens is 330 g/mol. The molecule has 8 heteroatoms. The van der Waals surface area contributed by atoms with Crippen molar-refractivity contribution in [2.45, 2.75) is 6.92 Å². The van der Waals surface area contributed by atoms with Gasteiger partial charge in [-0.05, 0) is 34.1 Å². The number of carboxylic acids is 1. The molecule has 0 aromatic heterocycles. The number of carbonyl (C=O) groups is 3. The standard InChI is InChI=1S/C12H14BrN3O4/c1-7(17)14-4-5-15-12(20)16-8-2-3-10(13)9(6-8)11(18)19/h2-3,6H,4-5H2,1H3,(H,14,17)(H,18,19)(H2,15,16,20). The Balaban J connectivity index is 2.52. The highest BCUT2D eigenvalue weighted by molar-refractivity contribution is 9.10. The molecule has 0 radical (unpaired) electrons. The first-order chi connectivity index (χ1) is 9.40. The Morgan fingerprint density at radius 2 is 1.85 bits per heavy atom. The van der Waals surface area contributed by atoms with Crippen LogP contribution in [0.2, 0.25) is 0 Å². The van der Waals surface area contributed by atoms with Crippen LogP contribution in [0.15, 0.2) is 22.7 Å². The minimum atomic E-state index is -1.09. The Hall–Kier alpha value is -2.09. The Kier molecular flexibility index (Phi) is 5.98. The normalized spacial score (nSPS) is 9.70. The van der Waals surface area contributed by atoms with Gasteiger partial charge in [0.1, 0.15) is 0 Å². The maximum atomic E-state index is 11.5. The van der Waals surface area contributed by atoms with Crippen LogP contribution in [0.3, 0.4) is 0 Å². The quantitative estimate of drug-likeness (QED) is 0.606. The highest BCUT2D eigenvalue weighted by atomic mass is 79.9. The number of carboxylic acid groups (broad SMARTS) is 1. The van der Waals surface area contributed by atoms with E-state index in [1.54, 1.807) is 6.07 Å². The lowest BCUT2D eigenvalue weighted by molar-refractivity contribution is -0.118. The molecular formula is C12H14BrN3O4. The van der Waals surface area contributed by atoms with E-state index in [2.05, 4.69) is 31.9 Å². The van der Waals surface area contributed by atoms with Crippen molar-refractivity contribution >= 4 is 39.5 Å². The molecule has 0 bridgehead atoms. The molecule has 0 aliphatic rings. The third-order valence-electron chi connectivity index (χ3n) is 2.24. The summed E-state index contributed by atoms with van der Waals surface area (Å²) >= 11 is 3.11. The number of halogens is 1. The Bertz CT molecular complexity index is 533. The number of hydrogen-bond donors (Lipinski definition) is 4. The fraction of sp³-hybridized carbons (Fsp3) is 0.250. The predicted octanol–water partition coefficient (Wildman–Crippen LogP) is 1.40. The first-order valence-electron chi connectivity index (χ1n) is 5.72. The molecule has 0 saturated heterocycles. The monoisotopic (exact) mass is 343 g/mol. The van der Waals surface area contributed by atoms with E-state index in [0.717, 1.165) is 0 Å². The third-order valence-corrected chi connectivity index (χ3v) is 2.93. The first-order valence-corrected chi connectivity index (χ1v) is 6.51. The summed E-state index contributed by atoms with van der Waals surface area (Å²) in [6, 6.07) is 3.98. The molecule has 1 aromatic carbocycles. The molecule has 0 heterocycles. The van der Waals surface area contributed by atoms with Crippen molar-refractivity contribution in [3.05, 3.63) is 28.2 Å². The van der Waals surface area contributed by atoms with Crippen molar-refractivity contribution in [2.24, 2.45) is 0 Å². The Morgan fingerprint density at radius 3 is 2.45 bits per heavy atom. The minimum Gasteiger partial charge on any atom is -0.478 e. The van der Waals surface area contributed by atoms with Gasteiger partial charge in [-0.2, -0.15) is 0 Å². The van der Waals surface area contributed by atoms with Crippen LogP contribution in [-0.4, -0.2) is 36.1 Å². The van der Waals surface area contributed by atoms with Gasteiger partial charge in [-0.1, -0.05) is 0 Å². The molecule has 0 aliphatic carbocycles. The molecule has 1 aromatic rings. The van der Waals surface area contributed by atoms with Gasteiger partial charge >= 0.3 is 12.0 Å². The molecule has 7 nitrogen and oxygen atoms in total. The Labute approximate surface area is 123 Å². The molecule has 3 amide bonds. The smallest absolute Gasteiger partial charge is 0.336 e. The summed E-state index contributed by atoms with van der Waals surface area (Å²) in [7, 11) is 0. The average molecular weight is 344 g/mol. The summed E-state index contributed by atoms with van der Waals surface area (Å²) in [5.41, 5.74) is 0.420. The van der Waals surface area contributed by atoms with Crippen LogP contribution in [0, 0.1) is 0 Å². The molecule has 0 atom stereocenters. The SMILES string of the molecule is CC(=O)NCCNC(=O)Nc1ccc(Br)c(C(=O)O)c1. The predicted molar refractivity (Wildman–Crippen MR) is 76.8 cm³/mol. The number of anilines is 1. The van der Waals surface area contributed by atoms with Crippen LogP contribution in [-0.2, 0) is 4.79 Å². The highest BCUT2D eigenvalue weighted by Crippen LogP contribution is 2.21. The summed E-state index contributed by atoms with van der Waals surface area (Å²) in [6.07, 6.45) is 0. The van der Waals surface area contributed by atoms with Crippen molar-refractivity contribution in [3.8, 4) is 0 Å². The molecule has 0 saturated carbocycles. The van der Waals surface area contributed by atoms with Gasteiger partial charge in [0.05, 0.1) is 5.56 Å². The number of amides is 3. The number of aromatic carboxylic acids is 1. The second kappa shape index (κ2) is 7.49. The second-order valence-corrected chi connectivity index (χ2v) is 4.72. The summed E-state index contributed by atoms with van der Waals surface area (Å²) in [5.74, 6) is -1.27. The lowest BCUT2D eigenvalue weighted by Crippen LogP contribution is -2.36. The van der Waals surface area contributed by atoms with Gasteiger partial charge in [-0.15, -0.1) is 0 Å². The largest absolute Gasteiger partial charge is 0.478 e. The van der Waals surface area contributed by atoms with Gasteiger partial charge in [-0.25, -0.2) is 9.59 Å². The summed E-state index contributed by atoms with van der Waals surface area (Å²) in [4.78, 5) is 33.1. The van der Waals surface area contributed by atoms with Crippen LogP contribution in [0.4, 0.5) is 10.5 Å². The topological polar surface area (TPSA) is 108 Å². The number of hydrogen-bond acceptors (Lipinski definition) is 3. The molecule has 1 rings (SSSR count). The van der Waals surface area contributed by atoms with Crippen LogP contribution in [0.5, 0.6) is 0 Å². The zero-order valence-corrected chi connectivity index (χ0v) is 12.3. The molecule has 0 spiro atoms. The second-order valence-electron chi connectivity index (χ2n) is 3.86. The molecule has 0 unspecified atom stereocenters. The van der Waals surface area contributed by atoms with Crippen LogP contribution < -0.4 is 16.0 Å². The summed E-state index contributed by atoms with van der Waals surface area (Å²) < 4.78 is 0.432. The molecule has 0 fully saturated rings. The average Bonchev–Trinajstić information content (AvgIpc) is 2.36. The maximum Gasteiger partial charge on any atom is 0.336 e. The minimum absolute atomic E-state index is 0.0565.